The molecule has 1 heterocycles. The molecule has 0 aliphatic carbocycles. The summed E-state index contributed by atoms with van der Waals surface area (Å²) in [6, 6.07) is 1.74. The Balaban J connectivity index is 2.79. The second kappa shape index (κ2) is 5.99. The van der Waals surface area contributed by atoms with E-state index in [9.17, 15) is 4.79 Å². The summed E-state index contributed by atoms with van der Waals surface area (Å²) in [7, 11) is 3.96. The van der Waals surface area contributed by atoms with Crippen LogP contribution in [0.5, 0.6) is 0 Å². The number of hydrazine groups is 1. The molecular weight excluding hydrogens is 242 g/mol. The zero-order valence-corrected chi connectivity index (χ0v) is 12.2. The number of rotatable bonds is 5. The summed E-state index contributed by atoms with van der Waals surface area (Å²) < 4.78 is 0. The van der Waals surface area contributed by atoms with E-state index in [1.54, 1.807) is 6.07 Å². The molecule has 0 saturated carbocycles. The maximum Gasteiger partial charge on any atom is 0.255 e. The van der Waals surface area contributed by atoms with Gasteiger partial charge in [0.15, 0.2) is 0 Å². The van der Waals surface area contributed by atoms with Gasteiger partial charge in [0.1, 0.15) is 0 Å². The van der Waals surface area contributed by atoms with Crippen LogP contribution in [0.15, 0.2) is 12.3 Å². The van der Waals surface area contributed by atoms with Gasteiger partial charge in [0, 0.05) is 24.0 Å². The van der Waals surface area contributed by atoms with Crippen LogP contribution < -0.4 is 16.6 Å². The predicted molar refractivity (Wildman–Crippen MR) is 76.9 cm³/mol. The third-order valence-electron chi connectivity index (χ3n) is 3.33. The van der Waals surface area contributed by atoms with Gasteiger partial charge in [-0.25, -0.2) is 0 Å². The van der Waals surface area contributed by atoms with Crippen molar-refractivity contribution in [3.8, 4) is 0 Å². The largest absolute Gasteiger partial charge is 0.350 e. The molecule has 0 saturated heterocycles. The first kappa shape index (κ1) is 15.4. The Morgan fingerprint density at radius 3 is 2.63 bits per heavy atom. The Morgan fingerprint density at radius 1 is 1.47 bits per heavy atom. The maximum absolute atomic E-state index is 12.1. The SMILES string of the molecule is Cc1cc(NN)c(C(=O)NCC(C)(C)N(C)C)cn1. The molecule has 4 N–H and O–H groups in total. The third-order valence-corrected chi connectivity index (χ3v) is 3.33. The van der Waals surface area contributed by atoms with Crippen LogP contribution in [-0.2, 0) is 0 Å². The minimum atomic E-state index is -0.185. The molecule has 1 rings (SSSR count). The van der Waals surface area contributed by atoms with Crippen molar-refractivity contribution in [2.75, 3.05) is 26.1 Å². The minimum absolute atomic E-state index is 0.121. The molecule has 0 spiro atoms. The molecule has 0 aromatic carbocycles. The van der Waals surface area contributed by atoms with E-state index in [4.69, 9.17) is 5.84 Å². The molecule has 0 bridgehead atoms. The summed E-state index contributed by atoms with van der Waals surface area (Å²) >= 11 is 0. The Hall–Kier alpha value is -1.66. The predicted octanol–water partition coefficient (Wildman–Crippen LogP) is 0.746. The number of nitrogens with zero attached hydrogens (tertiary/aromatic N) is 2. The molecule has 6 heteroatoms. The number of carbonyl (C=O) groups excluding carboxylic acids is 1. The van der Waals surface area contributed by atoms with Gasteiger partial charge in [-0.15, -0.1) is 0 Å². The highest BCUT2D eigenvalue weighted by Crippen LogP contribution is 2.15. The van der Waals surface area contributed by atoms with Gasteiger partial charge >= 0.3 is 0 Å². The molecule has 1 aromatic rings. The van der Waals surface area contributed by atoms with Crippen molar-refractivity contribution >= 4 is 11.6 Å². The second-order valence-electron chi connectivity index (χ2n) is 5.41. The van der Waals surface area contributed by atoms with Crippen molar-refractivity contribution in [3.05, 3.63) is 23.5 Å². The molecule has 0 radical (unpaired) electrons. The first-order valence-corrected chi connectivity index (χ1v) is 6.17. The van der Waals surface area contributed by atoms with E-state index in [0.29, 0.717) is 17.8 Å². The van der Waals surface area contributed by atoms with Crippen LogP contribution in [-0.4, -0.2) is 42.0 Å². The molecule has 19 heavy (non-hydrogen) atoms. The topological polar surface area (TPSA) is 83.3 Å². The maximum atomic E-state index is 12.1. The molecule has 106 valence electrons. The minimum Gasteiger partial charge on any atom is -0.350 e. The number of nitrogens with one attached hydrogen (secondary N) is 2. The van der Waals surface area contributed by atoms with Crippen LogP contribution in [0.3, 0.4) is 0 Å². The highest BCUT2D eigenvalue weighted by molar-refractivity contribution is 5.99. The molecule has 0 atom stereocenters. The molecule has 0 aliphatic heterocycles. The number of pyridine rings is 1. The van der Waals surface area contributed by atoms with Gasteiger partial charge in [-0.3, -0.25) is 15.6 Å². The summed E-state index contributed by atoms with van der Waals surface area (Å²) in [6.07, 6.45) is 1.53. The van der Waals surface area contributed by atoms with Gasteiger partial charge in [-0.1, -0.05) is 0 Å². The quantitative estimate of drug-likeness (QED) is 0.540. The van der Waals surface area contributed by atoms with E-state index < -0.39 is 0 Å². The van der Waals surface area contributed by atoms with Crippen molar-refractivity contribution in [3.63, 3.8) is 0 Å². The molecule has 0 fully saturated rings. The number of aryl methyl sites for hydroxylation is 1. The summed E-state index contributed by atoms with van der Waals surface area (Å²) in [5, 5.41) is 2.90. The van der Waals surface area contributed by atoms with Crippen LogP contribution in [0.25, 0.3) is 0 Å². The van der Waals surface area contributed by atoms with E-state index in [1.807, 2.05) is 21.0 Å². The zero-order valence-electron chi connectivity index (χ0n) is 12.2. The Bertz CT molecular complexity index is 456. The molecule has 0 unspecified atom stereocenters. The number of anilines is 1. The van der Waals surface area contributed by atoms with Crippen LogP contribution in [0.4, 0.5) is 5.69 Å². The number of carbonyl (C=O) groups is 1. The summed E-state index contributed by atoms with van der Waals surface area (Å²) in [6.45, 7) is 6.50. The van der Waals surface area contributed by atoms with Crippen LogP contribution in [0.2, 0.25) is 0 Å². The zero-order chi connectivity index (χ0) is 14.6. The Morgan fingerprint density at radius 2 is 2.11 bits per heavy atom. The summed E-state index contributed by atoms with van der Waals surface area (Å²) in [5.74, 6) is 5.24. The molecule has 1 amide bonds. The number of nitrogen functional groups attached to an aromatic ring is 1. The number of likely N-dealkylation sites (N-methyl/N-ethyl adjacent to an activating group) is 1. The van der Waals surface area contributed by atoms with Gasteiger partial charge < -0.3 is 15.6 Å². The monoisotopic (exact) mass is 265 g/mol. The van der Waals surface area contributed by atoms with E-state index in [1.165, 1.54) is 6.20 Å². The van der Waals surface area contributed by atoms with Crippen molar-refractivity contribution < 1.29 is 4.79 Å². The number of aromatic nitrogens is 1. The highest BCUT2D eigenvalue weighted by Gasteiger charge is 2.22. The van der Waals surface area contributed by atoms with Crippen LogP contribution >= 0.6 is 0 Å². The summed E-state index contributed by atoms with van der Waals surface area (Å²) in [4.78, 5) is 18.3. The number of nitrogens with two attached hydrogens (primary N) is 1. The van der Waals surface area contributed by atoms with Gasteiger partial charge in [0.25, 0.3) is 5.91 Å². The smallest absolute Gasteiger partial charge is 0.255 e. The van der Waals surface area contributed by atoms with E-state index >= 15 is 0 Å². The number of hydrogen-bond acceptors (Lipinski definition) is 5. The van der Waals surface area contributed by atoms with E-state index in [-0.39, 0.29) is 11.4 Å². The van der Waals surface area contributed by atoms with Crippen molar-refractivity contribution in [1.29, 1.82) is 0 Å². The standard InChI is InChI=1S/C13H23N5O/c1-9-6-11(17-14)10(7-15-9)12(19)16-8-13(2,3)18(4)5/h6-7H,8,14H2,1-5H3,(H,15,17)(H,16,19). The first-order chi connectivity index (χ1) is 8.77. The number of amides is 1. The fraction of sp³-hybridized carbons (Fsp3) is 0.538. The molecule has 0 aliphatic rings. The van der Waals surface area contributed by atoms with Crippen molar-refractivity contribution in [2.24, 2.45) is 5.84 Å². The van der Waals surface area contributed by atoms with Gasteiger partial charge in [-0.05, 0) is 40.9 Å². The lowest BCUT2D eigenvalue weighted by Crippen LogP contribution is -2.48. The summed E-state index contributed by atoms with van der Waals surface area (Å²) in [5.41, 5.74) is 4.23. The van der Waals surface area contributed by atoms with Crippen molar-refractivity contribution in [2.45, 2.75) is 26.3 Å². The van der Waals surface area contributed by atoms with E-state index in [0.717, 1.165) is 5.69 Å². The van der Waals surface area contributed by atoms with E-state index in [2.05, 4.69) is 34.5 Å². The fourth-order valence-corrected chi connectivity index (χ4v) is 1.41. The van der Waals surface area contributed by atoms with Gasteiger partial charge in [0.05, 0.1) is 11.3 Å². The normalized spacial score (nSPS) is 11.5. The average molecular weight is 265 g/mol. The third kappa shape index (κ3) is 3.90. The first-order valence-electron chi connectivity index (χ1n) is 6.17. The Kier molecular flexibility index (Phi) is 4.85. The lowest BCUT2D eigenvalue weighted by Gasteiger charge is -2.32. The average Bonchev–Trinajstić information content (AvgIpc) is 2.35. The lowest BCUT2D eigenvalue weighted by molar-refractivity contribution is 0.0920. The van der Waals surface area contributed by atoms with Gasteiger partial charge in [-0.2, -0.15) is 0 Å². The molecule has 6 nitrogen and oxygen atoms in total. The van der Waals surface area contributed by atoms with Crippen LogP contribution in [0, 0.1) is 6.92 Å². The van der Waals surface area contributed by atoms with Crippen molar-refractivity contribution in [1.82, 2.24) is 15.2 Å². The molecule has 1 aromatic heterocycles. The lowest BCUT2D eigenvalue weighted by atomic mass is 10.0. The molecular formula is C13H23N5O. The number of hydrogen-bond donors (Lipinski definition) is 3. The fourth-order valence-electron chi connectivity index (χ4n) is 1.41. The van der Waals surface area contributed by atoms with Gasteiger partial charge in [0.2, 0.25) is 0 Å². The second-order valence-corrected chi connectivity index (χ2v) is 5.41. The highest BCUT2D eigenvalue weighted by atomic mass is 16.1. The van der Waals surface area contributed by atoms with Crippen LogP contribution in [0.1, 0.15) is 29.9 Å². The Labute approximate surface area is 114 Å².